The Morgan fingerprint density at radius 1 is 1.55 bits per heavy atom. The molecular weight excluding hydrogens is 142 g/mol. The zero-order valence-electron chi connectivity index (χ0n) is 7.16. The lowest BCUT2D eigenvalue weighted by Gasteiger charge is -2.07. The van der Waals surface area contributed by atoms with Gasteiger partial charge in [0.15, 0.2) is 0 Å². The van der Waals surface area contributed by atoms with Crippen LogP contribution in [0.2, 0.25) is 0 Å². The van der Waals surface area contributed by atoms with Crippen molar-refractivity contribution in [3.63, 3.8) is 0 Å². The fourth-order valence-corrected chi connectivity index (χ4v) is 0.391. The van der Waals surface area contributed by atoms with Gasteiger partial charge in [-0.1, -0.05) is 20.8 Å². The first kappa shape index (κ1) is 9.94. The molecule has 0 bridgehead atoms. The molecule has 11 heavy (non-hydrogen) atoms. The lowest BCUT2D eigenvalue weighted by molar-refractivity contribution is 0.249. The number of carbonyl (C=O) groups is 1. The van der Waals surface area contributed by atoms with Gasteiger partial charge in [-0.25, -0.2) is 10.2 Å². The van der Waals surface area contributed by atoms with Crippen molar-refractivity contribution >= 4 is 12.2 Å². The van der Waals surface area contributed by atoms with E-state index in [0.29, 0.717) is 11.8 Å². The third kappa shape index (κ3) is 5.39. The molecule has 0 spiro atoms. The number of carbonyl (C=O) groups excluding carboxylic acids is 1. The van der Waals surface area contributed by atoms with Crippen LogP contribution < -0.4 is 11.2 Å². The summed E-state index contributed by atoms with van der Waals surface area (Å²) in [7, 11) is 0. The Labute approximate surface area is 66.8 Å². The number of primary amides is 1. The highest BCUT2D eigenvalue weighted by Crippen LogP contribution is 2.05. The Bertz CT molecular complexity index is 154. The molecule has 4 nitrogen and oxygen atoms in total. The Kier molecular flexibility index (Phi) is 4.26. The predicted molar refractivity (Wildman–Crippen MR) is 45.2 cm³/mol. The van der Waals surface area contributed by atoms with Gasteiger partial charge in [-0.3, -0.25) is 0 Å². The van der Waals surface area contributed by atoms with Crippen LogP contribution in [0.15, 0.2) is 5.10 Å². The molecule has 0 aromatic heterocycles. The van der Waals surface area contributed by atoms with Crippen molar-refractivity contribution in [3.05, 3.63) is 0 Å². The third-order valence-electron chi connectivity index (χ3n) is 1.54. The topological polar surface area (TPSA) is 67.5 Å². The van der Waals surface area contributed by atoms with E-state index in [9.17, 15) is 4.79 Å². The second kappa shape index (κ2) is 4.71. The molecule has 0 saturated heterocycles. The van der Waals surface area contributed by atoms with Gasteiger partial charge in [0.25, 0.3) is 0 Å². The molecule has 64 valence electrons. The Hall–Kier alpha value is -1.06. The molecule has 3 N–H and O–H groups in total. The first-order chi connectivity index (χ1) is 5.04. The molecule has 1 atom stereocenters. The number of urea groups is 1. The van der Waals surface area contributed by atoms with Gasteiger partial charge in [0.1, 0.15) is 0 Å². The van der Waals surface area contributed by atoms with E-state index in [2.05, 4.69) is 24.4 Å². The summed E-state index contributed by atoms with van der Waals surface area (Å²) in [5, 5.41) is 3.64. The Morgan fingerprint density at radius 3 is 2.45 bits per heavy atom. The molecule has 0 aliphatic heterocycles. The second-order valence-corrected chi connectivity index (χ2v) is 2.86. The molecule has 0 aliphatic rings. The predicted octanol–water partition coefficient (Wildman–Crippen LogP) is 0.933. The van der Waals surface area contributed by atoms with Crippen LogP contribution in [-0.4, -0.2) is 12.2 Å². The minimum absolute atomic E-state index is 0.349. The molecule has 2 amide bonds. The molecule has 0 heterocycles. The molecular formula is C7H15N3O. The van der Waals surface area contributed by atoms with Crippen LogP contribution in [0, 0.1) is 11.8 Å². The number of hydrazone groups is 1. The zero-order chi connectivity index (χ0) is 8.85. The van der Waals surface area contributed by atoms with E-state index >= 15 is 0 Å². The summed E-state index contributed by atoms with van der Waals surface area (Å²) in [4.78, 5) is 10.1. The lowest BCUT2D eigenvalue weighted by atomic mass is 10.0. The second-order valence-electron chi connectivity index (χ2n) is 2.86. The number of nitrogens with zero attached hydrogens (tertiary/aromatic N) is 1. The number of amides is 2. The summed E-state index contributed by atoms with van der Waals surface area (Å²) in [6, 6.07) is -0.628. The van der Waals surface area contributed by atoms with Crippen molar-refractivity contribution in [3.8, 4) is 0 Å². The van der Waals surface area contributed by atoms with Crippen LogP contribution >= 0.6 is 0 Å². The van der Waals surface area contributed by atoms with Crippen LogP contribution in [0.4, 0.5) is 4.79 Å². The number of hydrogen-bond acceptors (Lipinski definition) is 2. The van der Waals surface area contributed by atoms with Gasteiger partial charge >= 0.3 is 6.03 Å². The van der Waals surface area contributed by atoms with Crippen molar-refractivity contribution in [2.45, 2.75) is 20.8 Å². The standard InChI is InChI=1S/C7H15N3O/c1-5(2)6(3)4-9-10-7(8)11/h4-6H,1-3H3,(H3,8,10,11)/b9-4+. The van der Waals surface area contributed by atoms with E-state index < -0.39 is 6.03 Å². The normalized spacial score (nSPS) is 13.8. The highest BCUT2D eigenvalue weighted by Gasteiger charge is 2.02. The van der Waals surface area contributed by atoms with Gasteiger partial charge in [0.2, 0.25) is 0 Å². The van der Waals surface area contributed by atoms with Gasteiger partial charge in [0.05, 0.1) is 0 Å². The molecule has 4 heteroatoms. The molecule has 0 saturated carbocycles. The fraction of sp³-hybridized carbons (Fsp3) is 0.714. The third-order valence-corrected chi connectivity index (χ3v) is 1.54. The average Bonchev–Trinajstić information content (AvgIpc) is 1.86. The van der Waals surface area contributed by atoms with Crippen molar-refractivity contribution in [2.75, 3.05) is 0 Å². The molecule has 0 rings (SSSR count). The largest absolute Gasteiger partial charge is 0.350 e. The van der Waals surface area contributed by atoms with Gasteiger partial charge in [0, 0.05) is 6.21 Å². The lowest BCUT2D eigenvalue weighted by Crippen LogP contribution is -2.25. The van der Waals surface area contributed by atoms with Crippen LogP contribution in [0.1, 0.15) is 20.8 Å². The monoisotopic (exact) mass is 157 g/mol. The van der Waals surface area contributed by atoms with Crippen molar-refractivity contribution < 1.29 is 4.79 Å². The summed E-state index contributed by atoms with van der Waals surface area (Å²) in [5.41, 5.74) is 6.93. The summed E-state index contributed by atoms with van der Waals surface area (Å²) in [5.74, 6) is 0.871. The number of nitrogens with one attached hydrogen (secondary N) is 1. The van der Waals surface area contributed by atoms with Crippen LogP contribution in [-0.2, 0) is 0 Å². The number of rotatable bonds is 3. The quantitative estimate of drug-likeness (QED) is 0.464. The van der Waals surface area contributed by atoms with Gasteiger partial charge < -0.3 is 5.73 Å². The SMILES string of the molecule is CC(C)C(C)/C=N/NC(N)=O. The van der Waals surface area contributed by atoms with Gasteiger partial charge in [-0.05, 0) is 11.8 Å². The van der Waals surface area contributed by atoms with E-state index in [0.717, 1.165) is 0 Å². The maximum Gasteiger partial charge on any atom is 0.332 e. The minimum Gasteiger partial charge on any atom is -0.350 e. The van der Waals surface area contributed by atoms with Crippen LogP contribution in [0.25, 0.3) is 0 Å². The fourth-order valence-electron chi connectivity index (χ4n) is 0.391. The highest BCUT2D eigenvalue weighted by atomic mass is 16.2. The van der Waals surface area contributed by atoms with E-state index in [1.165, 1.54) is 0 Å². The van der Waals surface area contributed by atoms with E-state index in [4.69, 9.17) is 5.73 Å². The van der Waals surface area contributed by atoms with E-state index in [-0.39, 0.29) is 0 Å². The van der Waals surface area contributed by atoms with Crippen LogP contribution in [0.5, 0.6) is 0 Å². The van der Waals surface area contributed by atoms with Gasteiger partial charge in [-0.15, -0.1) is 0 Å². The minimum atomic E-state index is -0.628. The maximum atomic E-state index is 10.1. The van der Waals surface area contributed by atoms with Crippen molar-refractivity contribution in [1.82, 2.24) is 5.43 Å². The molecule has 0 aromatic rings. The summed E-state index contributed by atoms with van der Waals surface area (Å²) in [6.45, 7) is 6.19. The summed E-state index contributed by atoms with van der Waals surface area (Å²) in [6.07, 6.45) is 1.68. The zero-order valence-corrected chi connectivity index (χ0v) is 7.16. The molecule has 0 fully saturated rings. The van der Waals surface area contributed by atoms with Gasteiger partial charge in [-0.2, -0.15) is 5.10 Å². The average molecular weight is 157 g/mol. The summed E-state index contributed by atoms with van der Waals surface area (Å²) >= 11 is 0. The molecule has 0 aromatic carbocycles. The first-order valence-electron chi connectivity index (χ1n) is 3.62. The Morgan fingerprint density at radius 2 is 2.09 bits per heavy atom. The van der Waals surface area contributed by atoms with E-state index in [1.807, 2.05) is 6.92 Å². The number of nitrogens with two attached hydrogens (primary N) is 1. The highest BCUT2D eigenvalue weighted by molar-refractivity contribution is 5.73. The number of hydrogen-bond donors (Lipinski definition) is 2. The smallest absolute Gasteiger partial charge is 0.332 e. The van der Waals surface area contributed by atoms with Crippen molar-refractivity contribution in [1.29, 1.82) is 0 Å². The van der Waals surface area contributed by atoms with E-state index in [1.54, 1.807) is 6.21 Å². The van der Waals surface area contributed by atoms with Crippen LogP contribution in [0.3, 0.4) is 0 Å². The molecule has 0 radical (unpaired) electrons. The van der Waals surface area contributed by atoms with Crippen molar-refractivity contribution in [2.24, 2.45) is 22.7 Å². The first-order valence-corrected chi connectivity index (χ1v) is 3.62. The summed E-state index contributed by atoms with van der Waals surface area (Å²) < 4.78 is 0. The maximum absolute atomic E-state index is 10.1. The molecule has 1 unspecified atom stereocenters. The Balaban J connectivity index is 3.65. The molecule has 0 aliphatic carbocycles.